The van der Waals surface area contributed by atoms with Gasteiger partial charge in [0.2, 0.25) is 10.0 Å². The lowest BCUT2D eigenvalue weighted by molar-refractivity contribution is 0.283. The van der Waals surface area contributed by atoms with Crippen LogP contribution in [0.3, 0.4) is 0 Å². The van der Waals surface area contributed by atoms with Gasteiger partial charge >= 0.3 is 0 Å². The third-order valence-corrected chi connectivity index (χ3v) is 7.15. The highest BCUT2D eigenvalue weighted by molar-refractivity contribution is 7.89. The number of anilines is 1. The number of benzene rings is 1. The van der Waals surface area contributed by atoms with Crippen molar-refractivity contribution in [2.45, 2.75) is 37.5 Å². The van der Waals surface area contributed by atoms with Crippen LogP contribution in [-0.2, 0) is 10.0 Å². The Balaban J connectivity index is 1.63. The van der Waals surface area contributed by atoms with E-state index in [9.17, 15) is 8.42 Å². The Morgan fingerprint density at radius 3 is 2.25 bits per heavy atom. The Morgan fingerprint density at radius 2 is 1.67 bits per heavy atom. The maximum absolute atomic E-state index is 12.5. The number of hydrogen-bond donors (Lipinski definition) is 1. The molecular weight excluding hydrogens is 342 g/mol. The summed E-state index contributed by atoms with van der Waals surface area (Å²) in [5, 5.41) is 3.94. The number of nitrogens with one attached hydrogen (secondary N) is 1. The predicted molar refractivity (Wildman–Crippen MR) is 101 cm³/mol. The highest BCUT2D eigenvalue weighted by Gasteiger charge is 2.27. The molecule has 2 fully saturated rings. The van der Waals surface area contributed by atoms with Gasteiger partial charge in [0.05, 0.1) is 4.90 Å². The third kappa shape index (κ3) is 3.90. The Morgan fingerprint density at radius 1 is 1.08 bits per heavy atom. The molecule has 5 nitrogen and oxygen atoms in total. The Hall–Kier alpha value is -1.18. The van der Waals surface area contributed by atoms with E-state index in [4.69, 9.17) is 12.2 Å². The molecule has 1 N–H and O–H groups in total. The van der Waals surface area contributed by atoms with Crippen molar-refractivity contribution in [3.8, 4) is 0 Å². The quantitative estimate of drug-likeness (QED) is 0.833. The van der Waals surface area contributed by atoms with Crippen LogP contribution in [-0.4, -0.2) is 48.9 Å². The maximum atomic E-state index is 12.5. The molecule has 3 rings (SSSR count). The topological polar surface area (TPSA) is 52.7 Å². The zero-order valence-corrected chi connectivity index (χ0v) is 15.7. The lowest BCUT2D eigenvalue weighted by Gasteiger charge is -2.32. The first-order chi connectivity index (χ1) is 11.5. The number of thiocarbonyl (C=S) groups is 1. The molecule has 0 atom stereocenters. The van der Waals surface area contributed by atoms with Gasteiger partial charge in [-0.15, -0.1) is 0 Å². The first kappa shape index (κ1) is 17.6. The molecule has 2 saturated heterocycles. The van der Waals surface area contributed by atoms with Crippen LogP contribution in [0, 0.1) is 5.92 Å². The molecule has 0 unspecified atom stereocenters. The molecule has 0 amide bonds. The first-order valence-electron chi connectivity index (χ1n) is 8.63. The Labute approximate surface area is 150 Å². The fourth-order valence-corrected chi connectivity index (χ4v) is 5.02. The molecule has 0 saturated carbocycles. The van der Waals surface area contributed by atoms with Crippen LogP contribution in [0.5, 0.6) is 0 Å². The highest BCUT2D eigenvalue weighted by atomic mass is 32.2. The number of hydrogen-bond acceptors (Lipinski definition) is 3. The average Bonchev–Trinajstić information content (AvgIpc) is 3.11. The van der Waals surface area contributed by atoms with Gasteiger partial charge in [-0.1, -0.05) is 6.92 Å². The van der Waals surface area contributed by atoms with E-state index in [2.05, 4.69) is 17.1 Å². The zero-order chi connectivity index (χ0) is 17.2. The summed E-state index contributed by atoms with van der Waals surface area (Å²) in [4.78, 5) is 2.54. The molecule has 1 aromatic rings. The zero-order valence-electron chi connectivity index (χ0n) is 14.1. The normalized spacial score (nSPS) is 20.3. The second-order valence-corrected chi connectivity index (χ2v) is 9.06. The number of sulfonamides is 1. The second-order valence-electron chi connectivity index (χ2n) is 6.74. The molecule has 132 valence electrons. The Kier molecular flexibility index (Phi) is 5.42. The summed E-state index contributed by atoms with van der Waals surface area (Å²) in [6.07, 6.45) is 4.22. The fraction of sp³-hybridized carbons (Fsp3) is 0.588. The van der Waals surface area contributed by atoms with Crippen molar-refractivity contribution in [1.82, 2.24) is 9.21 Å². The van der Waals surface area contributed by atoms with Crippen molar-refractivity contribution >= 4 is 33.0 Å². The second kappa shape index (κ2) is 7.37. The minimum Gasteiger partial charge on any atom is -0.349 e. The lowest BCUT2D eigenvalue weighted by atomic mass is 10.00. The standard InChI is InChI=1S/C17H25N3O2S2/c1-14-8-12-19(13-9-14)17(23)18-15-4-6-16(7-5-15)24(21,22)20-10-2-3-11-20/h4-7,14H,2-3,8-13H2,1H3,(H,18,23). The lowest BCUT2D eigenvalue weighted by Crippen LogP contribution is -2.40. The fourth-order valence-electron chi connectivity index (χ4n) is 3.20. The third-order valence-electron chi connectivity index (χ3n) is 4.88. The van der Waals surface area contributed by atoms with Gasteiger partial charge in [0.15, 0.2) is 5.11 Å². The van der Waals surface area contributed by atoms with Gasteiger partial charge in [0.25, 0.3) is 0 Å². The molecule has 0 bridgehead atoms. The number of likely N-dealkylation sites (tertiary alicyclic amines) is 1. The van der Waals surface area contributed by atoms with Gasteiger partial charge in [-0.2, -0.15) is 4.31 Å². The van der Waals surface area contributed by atoms with Crippen LogP contribution in [0.15, 0.2) is 29.2 Å². The van der Waals surface area contributed by atoms with E-state index in [0.29, 0.717) is 18.0 Å². The van der Waals surface area contributed by atoms with Crippen LogP contribution in [0.4, 0.5) is 5.69 Å². The van der Waals surface area contributed by atoms with Crippen molar-refractivity contribution < 1.29 is 8.42 Å². The molecule has 1 aromatic carbocycles. The predicted octanol–water partition coefficient (Wildman–Crippen LogP) is 2.90. The summed E-state index contributed by atoms with van der Waals surface area (Å²) in [6.45, 7) is 5.48. The van der Waals surface area contributed by atoms with Crippen molar-refractivity contribution in [2.24, 2.45) is 5.92 Å². The highest BCUT2D eigenvalue weighted by Crippen LogP contribution is 2.23. The van der Waals surface area contributed by atoms with Crippen molar-refractivity contribution in [3.63, 3.8) is 0 Å². The van der Waals surface area contributed by atoms with E-state index >= 15 is 0 Å². The summed E-state index contributed by atoms with van der Waals surface area (Å²) in [6, 6.07) is 6.91. The molecule has 2 aliphatic heterocycles. The maximum Gasteiger partial charge on any atom is 0.243 e. The van der Waals surface area contributed by atoms with E-state index in [-0.39, 0.29) is 0 Å². The van der Waals surface area contributed by atoms with Gasteiger partial charge in [-0.25, -0.2) is 8.42 Å². The van der Waals surface area contributed by atoms with Gasteiger partial charge in [0, 0.05) is 31.9 Å². The van der Waals surface area contributed by atoms with E-state index in [0.717, 1.165) is 55.5 Å². The Bertz CT molecular complexity index is 674. The van der Waals surface area contributed by atoms with Crippen molar-refractivity contribution in [1.29, 1.82) is 0 Å². The van der Waals surface area contributed by atoms with E-state index in [1.54, 1.807) is 28.6 Å². The summed E-state index contributed by atoms with van der Waals surface area (Å²) >= 11 is 5.48. The van der Waals surface area contributed by atoms with Crippen LogP contribution in [0.1, 0.15) is 32.6 Å². The van der Waals surface area contributed by atoms with Crippen LogP contribution in [0.2, 0.25) is 0 Å². The summed E-state index contributed by atoms with van der Waals surface area (Å²) in [5.74, 6) is 0.763. The van der Waals surface area contributed by atoms with Crippen molar-refractivity contribution in [2.75, 3.05) is 31.5 Å². The van der Waals surface area contributed by atoms with E-state index < -0.39 is 10.0 Å². The van der Waals surface area contributed by atoms with Gasteiger partial charge in [-0.3, -0.25) is 0 Å². The van der Waals surface area contributed by atoms with Gasteiger partial charge < -0.3 is 10.2 Å². The molecular formula is C17H25N3O2S2. The van der Waals surface area contributed by atoms with Gasteiger partial charge in [0.1, 0.15) is 0 Å². The molecule has 0 spiro atoms. The number of rotatable bonds is 3. The minimum absolute atomic E-state index is 0.354. The summed E-state index contributed by atoms with van der Waals surface area (Å²) < 4.78 is 26.6. The van der Waals surface area contributed by atoms with Crippen LogP contribution in [0.25, 0.3) is 0 Å². The summed E-state index contributed by atoms with van der Waals surface area (Å²) in [5.41, 5.74) is 0.832. The number of nitrogens with zero attached hydrogens (tertiary/aromatic N) is 2. The monoisotopic (exact) mass is 367 g/mol. The summed E-state index contributed by atoms with van der Waals surface area (Å²) in [7, 11) is -3.35. The van der Waals surface area contributed by atoms with E-state index in [1.165, 1.54) is 0 Å². The molecule has 2 heterocycles. The average molecular weight is 368 g/mol. The minimum atomic E-state index is -3.35. The van der Waals surface area contributed by atoms with Crippen LogP contribution >= 0.6 is 12.2 Å². The van der Waals surface area contributed by atoms with Crippen LogP contribution < -0.4 is 5.32 Å². The van der Waals surface area contributed by atoms with Crippen molar-refractivity contribution in [3.05, 3.63) is 24.3 Å². The molecule has 0 aliphatic carbocycles. The SMILES string of the molecule is CC1CCN(C(=S)Nc2ccc(S(=O)(=O)N3CCCC3)cc2)CC1. The first-order valence-corrected chi connectivity index (χ1v) is 10.5. The molecule has 24 heavy (non-hydrogen) atoms. The molecule has 7 heteroatoms. The van der Waals surface area contributed by atoms with E-state index in [1.807, 2.05) is 0 Å². The largest absolute Gasteiger partial charge is 0.349 e. The van der Waals surface area contributed by atoms with Gasteiger partial charge in [-0.05, 0) is 68.1 Å². The number of piperidine rings is 1. The smallest absolute Gasteiger partial charge is 0.243 e. The molecule has 2 aliphatic rings. The molecule has 0 aromatic heterocycles. The molecule has 0 radical (unpaired) electrons.